The second-order valence-corrected chi connectivity index (χ2v) is 5.59. The zero-order chi connectivity index (χ0) is 17.7. The molecule has 0 bridgehead atoms. The Morgan fingerprint density at radius 1 is 1.40 bits per heavy atom. The van der Waals surface area contributed by atoms with Crippen LogP contribution in [0.5, 0.6) is 5.75 Å². The summed E-state index contributed by atoms with van der Waals surface area (Å²) in [5.74, 6) is -3.30. The summed E-state index contributed by atoms with van der Waals surface area (Å²) in [6.45, 7) is 1.22. The highest BCUT2D eigenvalue weighted by molar-refractivity contribution is 5.96. The Bertz CT molecular complexity index is 616. The minimum atomic E-state index is -2.89. The van der Waals surface area contributed by atoms with Crippen molar-refractivity contribution in [2.24, 2.45) is 0 Å². The molecule has 1 atom stereocenters. The number of ether oxygens (including phenoxy) is 1. The molecule has 9 heteroatoms. The number of rotatable bonds is 6. The first-order chi connectivity index (χ1) is 11.4. The van der Waals surface area contributed by atoms with Gasteiger partial charge in [0.15, 0.2) is 0 Å². The van der Waals surface area contributed by atoms with Crippen LogP contribution < -0.4 is 15.4 Å². The minimum Gasteiger partial charge on any atom is -0.495 e. The molecule has 0 aliphatic carbocycles. The van der Waals surface area contributed by atoms with Gasteiger partial charge in [0.25, 0.3) is 5.92 Å². The van der Waals surface area contributed by atoms with Crippen molar-refractivity contribution in [1.82, 2.24) is 10.2 Å². The van der Waals surface area contributed by atoms with Gasteiger partial charge in [-0.15, -0.1) is 12.4 Å². The van der Waals surface area contributed by atoms with Gasteiger partial charge in [-0.1, -0.05) is 12.1 Å². The maximum Gasteiger partial charge on any atom is 0.262 e. The van der Waals surface area contributed by atoms with E-state index in [9.17, 15) is 18.4 Å². The van der Waals surface area contributed by atoms with Crippen LogP contribution in [-0.4, -0.2) is 55.4 Å². The molecule has 25 heavy (non-hydrogen) atoms. The summed E-state index contributed by atoms with van der Waals surface area (Å²) in [5.41, 5.74) is 0.485. The molecule has 1 heterocycles. The van der Waals surface area contributed by atoms with Crippen molar-refractivity contribution in [1.29, 1.82) is 0 Å². The number of hydrogen-bond acceptors (Lipinski definition) is 4. The Kier molecular flexibility index (Phi) is 7.57. The van der Waals surface area contributed by atoms with Gasteiger partial charge < -0.3 is 15.0 Å². The molecule has 2 N–H and O–H groups in total. The molecule has 140 valence electrons. The molecule has 1 aliphatic heterocycles. The van der Waals surface area contributed by atoms with Crippen LogP contribution in [0.15, 0.2) is 24.3 Å². The third kappa shape index (κ3) is 5.54. The van der Waals surface area contributed by atoms with Gasteiger partial charge in [0.05, 0.1) is 31.9 Å². The first-order valence-electron chi connectivity index (χ1n) is 7.69. The summed E-state index contributed by atoms with van der Waals surface area (Å²) in [6.07, 6.45) is -0.545. The zero-order valence-corrected chi connectivity index (χ0v) is 14.9. The van der Waals surface area contributed by atoms with Crippen LogP contribution in [0, 0.1) is 0 Å². The summed E-state index contributed by atoms with van der Waals surface area (Å²) in [6, 6.07) is 5.92. The molecule has 1 aromatic carbocycles. The number of hydrogen-bond donors (Lipinski definition) is 2. The first-order valence-corrected chi connectivity index (χ1v) is 7.69. The summed E-state index contributed by atoms with van der Waals surface area (Å²) < 4.78 is 31.6. The summed E-state index contributed by atoms with van der Waals surface area (Å²) in [4.78, 5) is 25.7. The van der Waals surface area contributed by atoms with Crippen LogP contribution in [0.4, 0.5) is 14.5 Å². The van der Waals surface area contributed by atoms with Crippen molar-refractivity contribution in [3.05, 3.63) is 24.3 Å². The zero-order valence-electron chi connectivity index (χ0n) is 14.1. The minimum absolute atomic E-state index is 0. The van der Waals surface area contributed by atoms with E-state index < -0.39 is 36.7 Å². The van der Waals surface area contributed by atoms with Crippen LogP contribution in [-0.2, 0) is 9.59 Å². The van der Waals surface area contributed by atoms with Crippen molar-refractivity contribution in [2.45, 2.75) is 25.3 Å². The van der Waals surface area contributed by atoms with E-state index in [1.165, 1.54) is 12.0 Å². The lowest BCUT2D eigenvalue weighted by Crippen LogP contribution is -2.46. The van der Waals surface area contributed by atoms with Crippen molar-refractivity contribution in [3.63, 3.8) is 0 Å². The van der Waals surface area contributed by atoms with Gasteiger partial charge >= 0.3 is 0 Å². The fourth-order valence-electron chi connectivity index (χ4n) is 2.57. The van der Waals surface area contributed by atoms with E-state index in [4.69, 9.17) is 4.74 Å². The highest BCUT2D eigenvalue weighted by atomic mass is 35.5. The highest BCUT2D eigenvalue weighted by Crippen LogP contribution is 2.26. The third-order valence-corrected chi connectivity index (χ3v) is 3.82. The monoisotopic (exact) mass is 377 g/mol. The largest absolute Gasteiger partial charge is 0.495 e. The molecule has 1 saturated heterocycles. The molecule has 1 fully saturated rings. The number of amides is 2. The predicted octanol–water partition coefficient (Wildman–Crippen LogP) is 1.90. The van der Waals surface area contributed by atoms with Gasteiger partial charge in [0, 0.05) is 13.0 Å². The molecule has 0 saturated carbocycles. The van der Waals surface area contributed by atoms with Gasteiger partial charge in [-0.3, -0.25) is 14.9 Å². The molecule has 0 aromatic heterocycles. The van der Waals surface area contributed by atoms with E-state index in [1.807, 2.05) is 0 Å². The second-order valence-electron chi connectivity index (χ2n) is 5.59. The Morgan fingerprint density at radius 3 is 2.64 bits per heavy atom. The number of para-hydroxylation sites is 2. The number of benzene rings is 1. The van der Waals surface area contributed by atoms with Crippen LogP contribution in [0.25, 0.3) is 0 Å². The Balaban J connectivity index is 0.00000312. The lowest BCUT2D eigenvalue weighted by atomic mass is 10.1. The average Bonchev–Trinajstić information content (AvgIpc) is 2.92. The van der Waals surface area contributed by atoms with Gasteiger partial charge in [0.2, 0.25) is 11.8 Å². The Hall–Kier alpha value is -1.93. The van der Waals surface area contributed by atoms with E-state index in [0.717, 1.165) is 0 Å². The number of alkyl halides is 2. The third-order valence-electron chi connectivity index (χ3n) is 3.82. The van der Waals surface area contributed by atoms with Gasteiger partial charge in [-0.05, 0) is 19.1 Å². The topological polar surface area (TPSA) is 70.7 Å². The van der Waals surface area contributed by atoms with E-state index in [0.29, 0.717) is 11.4 Å². The van der Waals surface area contributed by atoms with E-state index in [1.54, 1.807) is 31.2 Å². The normalized spacial score (nSPS) is 18.2. The SMILES string of the molecule is CCN(CC(=O)Nc1ccccc1OC)C(=O)C1CC(F)(F)CN1.Cl. The molecule has 2 amide bonds. The molecule has 0 radical (unpaired) electrons. The molecular formula is C16H22ClF2N3O3. The molecule has 1 aliphatic rings. The molecule has 2 rings (SSSR count). The summed E-state index contributed by atoms with van der Waals surface area (Å²) >= 11 is 0. The molecule has 1 unspecified atom stereocenters. The van der Waals surface area contributed by atoms with Crippen LogP contribution >= 0.6 is 12.4 Å². The van der Waals surface area contributed by atoms with E-state index >= 15 is 0 Å². The fourth-order valence-corrected chi connectivity index (χ4v) is 2.57. The van der Waals surface area contributed by atoms with Crippen molar-refractivity contribution < 1.29 is 23.1 Å². The van der Waals surface area contributed by atoms with Crippen LogP contribution in [0.1, 0.15) is 13.3 Å². The number of anilines is 1. The molecular weight excluding hydrogens is 356 g/mol. The lowest BCUT2D eigenvalue weighted by Gasteiger charge is -2.23. The molecule has 6 nitrogen and oxygen atoms in total. The number of carbonyl (C=O) groups excluding carboxylic acids is 2. The quantitative estimate of drug-likeness (QED) is 0.794. The number of carbonyl (C=O) groups is 2. The van der Waals surface area contributed by atoms with Crippen LogP contribution in [0.2, 0.25) is 0 Å². The lowest BCUT2D eigenvalue weighted by molar-refractivity contribution is -0.136. The standard InChI is InChI=1S/C16H21F2N3O3.ClH/c1-3-21(15(23)12-8-16(17,18)10-19-12)9-14(22)20-11-6-4-5-7-13(11)24-2;/h4-7,12,19H,3,8-10H2,1-2H3,(H,20,22);1H. The van der Waals surface area contributed by atoms with Crippen molar-refractivity contribution in [2.75, 3.05) is 32.1 Å². The summed E-state index contributed by atoms with van der Waals surface area (Å²) in [5, 5.41) is 5.17. The maximum absolute atomic E-state index is 13.2. The van der Waals surface area contributed by atoms with Gasteiger partial charge in [-0.2, -0.15) is 0 Å². The average molecular weight is 378 g/mol. The van der Waals surface area contributed by atoms with Crippen molar-refractivity contribution >= 4 is 29.9 Å². The molecule has 1 aromatic rings. The number of nitrogens with zero attached hydrogens (tertiary/aromatic N) is 1. The Labute approximate surface area is 151 Å². The predicted molar refractivity (Wildman–Crippen MR) is 92.5 cm³/mol. The molecule has 0 spiro atoms. The summed E-state index contributed by atoms with van der Waals surface area (Å²) in [7, 11) is 1.48. The van der Waals surface area contributed by atoms with E-state index in [-0.39, 0.29) is 25.5 Å². The van der Waals surface area contributed by atoms with Gasteiger partial charge in [0.1, 0.15) is 5.75 Å². The maximum atomic E-state index is 13.2. The number of nitrogens with one attached hydrogen (secondary N) is 2. The highest BCUT2D eigenvalue weighted by Gasteiger charge is 2.43. The first kappa shape index (κ1) is 21.1. The fraction of sp³-hybridized carbons (Fsp3) is 0.500. The number of halogens is 3. The van der Waals surface area contributed by atoms with E-state index in [2.05, 4.69) is 10.6 Å². The Morgan fingerprint density at radius 2 is 2.08 bits per heavy atom. The number of methoxy groups -OCH3 is 1. The smallest absolute Gasteiger partial charge is 0.262 e. The van der Waals surface area contributed by atoms with Crippen LogP contribution in [0.3, 0.4) is 0 Å². The number of likely N-dealkylation sites (N-methyl/N-ethyl adjacent to an activating group) is 1. The van der Waals surface area contributed by atoms with Gasteiger partial charge in [-0.25, -0.2) is 8.78 Å². The second kappa shape index (κ2) is 8.96. The van der Waals surface area contributed by atoms with Crippen molar-refractivity contribution in [3.8, 4) is 5.75 Å².